The molecule has 2 N–H and O–H groups in total. The van der Waals surface area contributed by atoms with Crippen LogP contribution in [0.5, 0.6) is 0 Å². The topological polar surface area (TPSA) is 134 Å². The number of esters is 1. The molecule has 2 aliphatic rings. The van der Waals surface area contributed by atoms with E-state index in [1.807, 2.05) is 0 Å². The van der Waals surface area contributed by atoms with Gasteiger partial charge < -0.3 is 24.3 Å². The Kier molecular flexibility index (Phi) is 5.49. The van der Waals surface area contributed by atoms with Crippen molar-refractivity contribution in [3.8, 4) is 0 Å². The summed E-state index contributed by atoms with van der Waals surface area (Å²) in [6.07, 6.45) is 0.655. The molecular weight excluding hydrogens is 396 g/mol. The number of ether oxygens (including phenoxy) is 3. The maximum Gasteiger partial charge on any atom is 0.516 e. The molecular formula is C19H23N4O7+. The van der Waals surface area contributed by atoms with Gasteiger partial charge in [-0.3, -0.25) is 5.32 Å². The van der Waals surface area contributed by atoms with E-state index in [-0.39, 0.29) is 18.4 Å². The maximum absolute atomic E-state index is 12.1. The van der Waals surface area contributed by atoms with Crippen LogP contribution < -0.4 is 10.2 Å². The lowest BCUT2D eigenvalue weighted by atomic mass is 10.1. The summed E-state index contributed by atoms with van der Waals surface area (Å²) in [6, 6.07) is 6.40. The molecule has 1 fully saturated rings. The third-order valence-corrected chi connectivity index (χ3v) is 4.16. The summed E-state index contributed by atoms with van der Waals surface area (Å²) in [5, 5.41) is 13.3. The van der Waals surface area contributed by atoms with Gasteiger partial charge in [-0.2, -0.15) is 4.90 Å². The number of anilines is 1. The van der Waals surface area contributed by atoms with E-state index in [0.29, 0.717) is 22.7 Å². The number of hydrogen-bond donors (Lipinski definition) is 2. The molecule has 2 aliphatic heterocycles. The zero-order chi connectivity index (χ0) is 22.1. The van der Waals surface area contributed by atoms with Crippen molar-refractivity contribution < 1.29 is 33.6 Å². The van der Waals surface area contributed by atoms with Gasteiger partial charge in [0.05, 0.1) is 10.6 Å². The largest absolute Gasteiger partial charge is 0.516 e. The number of rotatable bonds is 5. The highest BCUT2D eigenvalue weighted by atomic mass is 16.6. The van der Waals surface area contributed by atoms with Crippen molar-refractivity contribution in [3.05, 3.63) is 52.0 Å². The molecule has 0 saturated carbocycles. The van der Waals surface area contributed by atoms with E-state index >= 15 is 0 Å². The van der Waals surface area contributed by atoms with Crippen LogP contribution >= 0.6 is 0 Å². The zero-order valence-electron chi connectivity index (χ0n) is 17.1. The van der Waals surface area contributed by atoms with E-state index in [4.69, 9.17) is 14.2 Å². The fourth-order valence-corrected chi connectivity index (χ4v) is 2.89. The van der Waals surface area contributed by atoms with E-state index < -0.39 is 28.2 Å². The van der Waals surface area contributed by atoms with Crippen LogP contribution in [0.4, 0.5) is 10.5 Å². The van der Waals surface area contributed by atoms with Crippen molar-refractivity contribution in [2.75, 3.05) is 18.5 Å². The first-order valence-corrected chi connectivity index (χ1v) is 9.21. The van der Waals surface area contributed by atoms with Gasteiger partial charge >= 0.3 is 23.9 Å². The number of nitrogens with zero attached hydrogens (tertiary/aromatic N) is 2. The molecule has 1 aromatic rings. The summed E-state index contributed by atoms with van der Waals surface area (Å²) >= 11 is 0. The Labute approximate surface area is 172 Å². The number of benzene rings is 1. The van der Waals surface area contributed by atoms with E-state index in [1.165, 1.54) is 6.20 Å². The van der Waals surface area contributed by atoms with Crippen LogP contribution in [-0.2, 0) is 14.2 Å². The van der Waals surface area contributed by atoms with Gasteiger partial charge in [0.2, 0.25) is 6.20 Å². The first kappa shape index (κ1) is 21.2. The molecule has 1 aromatic carbocycles. The number of fused-ring (bicyclic) bond motifs is 1. The lowest BCUT2D eigenvalue weighted by Gasteiger charge is -2.19. The first-order chi connectivity index (χ1) is 13.9. The summed E-state index contributed by atoms with van der Waals surface area (Å²) in [4.78, 5) is 38.7. The van der Waals surface area contributed by atoms with Crippen molar-refractivity contribution in [2.45, 2.75) is 38.9 Å². The second-order valence-electron chi connectivity index (χ2n) is 8.21. The predicted molar refractivity (Wildman–Crippen MR) is 104 cm³/mol. The van der Waals surface area contributed by atoms with Gasteiger partial charge in [-0.1, -0.05) is 0 Å². The molecule has 0 aliphatic carbocycles. The number of nitro groups is 1. The molecule has 1 saturated heterocycles. The molecule has 11 heteroatoms. The second kappa shape index (κ2) is 7.75. The fourth-order valence-electron chi connectivity index (χ4n) is 2.89. The molecule has 2 heterocycles. The Balaban J connectivity index is 1.49. The quantitative estimate of drug-likeness (QED) is 0.417. The number of carbonyl (C=O) groups is 2. The minimum Gasteiger partial charge on any atom is -0.456 e. The zero-order valence-corrected chi connectivity index (χ0v) is 17.1. The highest BCUT2D eigenvalue weighted by Gasteiger charge is 2.52. The molecule has 0 aromatic heterocycles. The summed E-state index contributed by atoms with van der Waals surface area (Å²) in [6.45, 7) is 7.33. The van der Waals surface area contributed by atoms with E-state index in [2.05, 4.69) is 10.3 Å². The third-order valence-electron chi connectivity index (χ3n) is 4.16. The van der Waals surface area contributed by atoms with Gasteiger partial charge in [0.25, 0.3) is 0 Å². The number of amides is 1. The molecule has 30 heavy (non-hydrogen) atoms. The lowest BCUT2D eigenvalue weighted by Crippen LogP contribution is -3.08. The van der Waals surface area contributed by atoms with Crippen LogP contribution in [0.3, 0.4) is 0 Å². The molecule has 11 nitrogen and oxygen atoms in total. The van der Waals surface area contributed by atoms with Crippen LogP contribution in [0.2, 0.25) is 0 Å². The standard InChI is InChI=1S/C19H22N4O7/c1-18(2,3)29-15(24)12-5-7-13(8-6-12)20-17(25)28-11-19(4)10-22-9-14(23(26)27)21-16(22)30-19/h5-9H,10-11H2,1-4H3,(H,20,25)/p+1. The average molecular weight is 419 g/mol. The van der Waals surface area contributed by atoms with Gasteiger partial charge in [-0.25, -0.2) is 9.59 Å². The SMILES string of the molecule is CC(C)(C)OC(=O)c1ccc(NC(=O)OCC2(C)C[NH+]3C=C([N+](=O)[O-])N=C3O2)cc1. The molecule has 2 unspecified atom stereocenters. The number of quaternary nitrogens is 1. The van der Waals surface area contributed by atoms with Crippen LogP contribution in [0.15, 0.2) is 41.3 Å². The van der Waals surface area contributed by atoms with E-state index in [0.717, 1.165) is 0 Å². The van der Waals surface area contributed by atoms with E-state index in [1.54, 1.807) is 52.0 Å². The summed E-state index contributed by atoms with van der Waals surface area (Å²) < 4.78 is 16.1. The molecule has 0 bridgehead atoms. The van der Waals surface area contributed by atoms with Gasteiger partial charge in [0, 0.05) is 5.69 Å². The Bertz CT molecular complexity index is 933. The Hall–Kier alpha value is -3.47. The van der Waals surface area contributed by atoms with Crippen molar-refractivity contribution in [1.82, 2.24) is 0 Å². The summed E-state index contributed by atoms with van der Waals surface area (Å²) in [5.74, 6) is -0.723. The molecule has 0 radical (unpaired) electrons. The van der Waals surface area contributed by atoms with Gasteiger partial charge in [-0.15, -0.1) is 0 Å². The predicted octanol–water partition coefficient (Wildman–Crippen LogP) is 1.31. The smallest absolute Gasteiger partial charge is 0.456 e. The van der Waals surface area contributed by atoms with Crippen LogP contribution in [0.25, 0.3) is 0 Å². The number of hydrogen-bond acceptors (Lipinski definition) is 8. The Morgan fingerprint density at radius 1 is 1.33 bits per heavy atom. The minimum atomic E-state index is -0.856. The fraction of sp³-hybridized carbons (Fsp3) is 0.421. The van der Waals surface area contributed by atoms with Crippen LogP contribution in [0.1, 0.15) is 38.1 Å². The van der Waals surface area contributed by atoms with Gasteiger partial charge in [-0.05, 0) is 56.9 Å². The normalized spacial score (nSPS) is 22.3. The Morgan fingerprint density at radius 2 is 2.00 bits per heavy atom. The van der Waals surface area contributed by atoms with Crippen molar-refractivity contribution in [2.24, 2.45) is 4.99 Å². The third kappa shape index (κ3) is 5.11. The summed E-state index contributed by atoms with van der Waals surface area (Å²) in [5.41, 5.74) is -0.648. The average Bonchev–Trinajstić information content (AvgIpc) is 3.15. The number of amidine groups is 1. The number of aliphatic imine (C=N–C) groups is 1. The maximum atomic E-state index is 12.1. The van der Waals surface area contributed by atoms with Crippen molar-refractivity contribution in [1.29, 1.82) is 0 Å². The molecule has 160 valence electrons. The van der Waals surface area contributed by atoms with E-state index in [9.17, 15) is 19.7 Å². The molecule has 2 atom stereocenters. The summed E-state index contributed by atoms with van der Waals surface area (Å²) in [7, 11) is 0. The highest BCUT2D eigenvalue weighted by molar-refractivity contribution is 5.91. The number of carbonyl (C=O) groups excluding carboxylic acids is 2. The van der Waals surface area contributed by atoms with Crippen molar-refractivity contribution in [3.63, 3.8) is 0 Å². The molecule has 0 spiro atoms. The molecule has 3 rings (SSSR count). The number of nitrogens with one attached hydrogen (secondary N) is 2. The van der Waals surface area contributed by atoms with Crippen LogP contribution in [0, 0.1) is 10.1 Å². The molecule has 1 amide bonds. The monoisotopic (exact) mass is 419 g/mol. The second-order valence-corrected chi connectivity index (χ2v) is 8.21. The Morgan fingerprint density at radius 3 is 2.57 bits per heavy atom. The first-order valence-electron chi connectivity index (χ1n) is 9.21. The van der Waals surface area contributed by atoms with Crippen molar-refractivity contribution >= 4 is 23.8 Å². The minimum absolute atomic E-state index is 0.0705. The van der Waals surface area contributed by atoms with Gasteiger partial charge in [0.15, 0.2) is 5.60 Å². The lowest BCUT2D eigenvalue weighted by molar-refractivity contribution is -0.742. The van der Waals surface area contributed by atoms with Crippen LogP contribution in [-0.4, -0.2) is 47.4 Å². The highest BCUT2D eigenvalue weighted by Crippen LogP contribution is 2.18. The van der Waals surface area contributed by atoms with Gasteiger partial charge in [0.1, 0.15) is 18.8 Å².